The molecule has 1 aromatic rings. The Morgan fingerprint density at radius 1 is 1.14 bits per heavy atom. The Balaban J connectivity index is 2.81. The molecule has 0 atom stereocenters. The van der Waals surface area contributed by atoms with Crippen LogP contribution < -0.4 is 0 Å². The van der Waals surface area contributed by atoms with Gasteiger partial charge in [-0.25, -0.2) is 0 Å². The largest absolute Gasteiger partial charge is 0.384 e. The van der Waals surface area contributed by atoms with Gasteiger partial charge in [-0.05, 0) is 17.7 Å². The zero-order valence-electron chi connectivity index (χ0n) is 12.7. The summed E-state index contributed by atoms with van der Waals surface area (Å²) in [7, 11) is -1.84. The highest BCUT2D eigenvalue weighted by atomic mass is 32.2. The van der Waals surface area contributed by atoms with Gasteiger partial charge in [0.15, 0.2) is 0 Å². The molecule has 0 unspecified atom stereocenters. The molecule has 1 N–H and O–H groups in total. The number of hydrogen-bond donors (Lipinski definition) is 1. The predicted molar refractivity (Wildman–Crippen MR) is 83.7 cm³/mol. The van der Waals surface area contributed by atoms with Crippen LogP contribution in [0.15, 0.2) is 24.3 Å². The van der Waals surface area contributed by atoms with Gasteiger partial charge in [0.25, 0.3) is 10.2 Å². The number of benzene rings is 1. The molecule has 116 valence electrons. The normalized spacial score (nSPS) is 11.5. The summed E-state index contributed by atoms with van der Waals surface area (Å²) in [5.41, 5.74) is 1.69. The van der Waals surface area contributed by atoms with Crippen LogP contribution in [-0.4, -0.2) is 48.9 Å². The lowest BCUT2D eigenvalue weighted by Crippen LogP contribution is -2.41. The highest BCUT2D eigenvalue weighted by molar-refractivity contribution is 7.86. The first-order valence-corrected chi connectivity index (χ1v) is 8.25. The van der Waals surface area contributed by atoms with Crippen molar-refractivity contribution < 1.29 is 13.5 Å². The van der Waals surface area contributed by atoms with Gasteiger partial charge in [-0.3, -0.25) is 0 Å². The molecule has 6 heteroatoms. The Bertz CT molecular complexity index is 596. The quantitative estimate of drug-likeness (QED) is 0.799. The standard InChI is InChI=1S/C15H22N2O3S/c1-4-17(5-2)21(19,20)16(3)13-15-10-8-14(9-11-15)7-6-12-18/h8-11,18H,4-5,12-13H2,1-3H3. The molecule has 21 heavy (non-hydrogen) atoms. The van der Waals surface area contributed by atoms with E-state index in [0.29, 0.717) is 19.6 Å². The molecular weight excluding hydrogens is 288 g/mol. The molecule has 0 aliphatic carbocycles. The molecule has 5 nitrogen and oxygen atoms in total. The fraction of sp³-hybridized carbons (Fsp3) is 0.467. The summed E-state index contributed by atoms with van der Waals surface area (Å²) >= 11 is 0. The van der Waals surface area contributed by atoms with Crippen LogP contribution in [0.25, 0.3) is 0 Å². The van der Waals surface area contributed by atoms with Crippen LogP contribution in [0, 0.1) is 11.8 Å². The number of hydrogen-bond acceptors (Lipinski definition) is 3. The number of rotatable bonds is 6. The van der Waals surface area contributed by atoms with Crippen LogP contribution in [0.1, 0.15) is 25.0 Å². The Morgan fingerprint density at radius 2 is 1.71 bits per heavy atom. The summed E-state index contributed by atoms with van der Waals surface area (Å²) in [4.78, 5) is 0. The van der Waals surface area contributed by atoms with Crippen molar-refractivity contribution in [2.24, 2.45) is 0 Å². The summed E-state index contributed by atoms with van der Waals surface area (Å²) in [5, 5.41) is 8.64. The Morgan fingerprint density at radius 3 is 2.19 bits per heavy atom. The molecule has 0 radical (unpaired) electrons. The Hall–Kier alpha value is -1.39. The SMILES string of the molecule is CCN(CC)S(=O)(=O)N(C)Cc1ccc(C#CCO)cc1. The van der Waals surface area contributed by atoms with E-state index in [1.807, 2.05) is 38.1 Å². The van der Waals surface area contributed by atoms with Crippen LogP contribution in [-0.2, 0) is 16.8 Å². The average Bonchev–Trinajstić information content (AvgIpc) is 2.47. The highest BCUT2D eigenvalue weighted by Gasteiger charge is 2.24. The third kappa shape index (κ3) is 4.83. The lowest BCUT2D eigenvalue weighted by Gasteiger charge is -2.25. The molecule has 0 heterocycles. The van der Waals surface area contributed by atoms with Crippen molar-refractivity contribution in [2.45, 2.75) is 20.4 Å². The summed E-state index contributed by atoms with van der Waals surface area (Å²) in [5.74, 6) is 5.37. The van der Waals surface area contributed by atoms with Crippen molar-refractivity contribution in [3.05, 3.63) is 35.4 Å². The lowest BCUT2D eigenvalue weighted by atomic mass is 10.1. The number of aliphatic hydroxyl groups excluding tert-OH is 1. The summed E-state index contributed by atoms with van der Waals surface area (Å²) in [6.45, 7) is 4.70. The smallest absolute Gasteiger partial charge is 0.282 e. The first kappa shape index (κ1) is 17.7. The van der Waals surface area contributed by atoms with Crippen molar-refractivity contribution >= 4 is 10.2 Å². The van der Waals surface area contributed by atoms with Gasteiger partial charge < -0.3 is 5.11 Å². The van der Waals surface area contributed by atoms with Crippen molar-refractivity contribution in [3.8, 4) is 11.8 Å². The van der Waals surface area contributed by atoms with Crippen LogP contribution in [0.4, 0.5) is 0 Å². The highest BCUT2D eigenvalue weighted by Crippen LogP contribution is 2.12. The van der Waals surface area contributed by atoms with Crippen LogP contribution in [0.5, 0.6) is 0 Å². The molecule has 0 amide bonds. The molecule has 0 aliphatic heterocycles. The van der Waals surface area contributed by atoms with Gasteiger partial charge in [-0.2, -0.15) is 17.0 Å². The van der Waals surface area contributed by atoms with Crippen molar-refractivity contribution in [2.75, 3.05) is 26.7 Å². The van der Waals surface area contributed by atoms with Gasteiger partial charge in [0.2, 0.25) is 0 Å². The minimum Gasteiger partial charge on any atom is -0.384 e. The van der Waals surface area contributed by atoms with Crippen LogP contribution >= 0.6 is 0 Å². The second-order valence-corrected chi connectivity index (χ2v) is 6.54. The van der Waals surface area contributed by atoms with E-state index in [9.17, 15) is 8.42 Å². The van der Waals surface area contributed by atoms with Gasteiger partial charge in [-0.1, -0.05) is 37.8 Å². The molecule has 1 rings (SSSR count). The third-order valence-electron chi connectivity index (χ3n) is 3.10. The maximum Gasteiger partial charge on any atom is 0.282 e. The van der Waals surface area contributed by atoms with E-state index in [1.165, 1.54) is 8.61 Å². The monoisotopic (exact) mass is 310 g/mol. The van der Waals surface area contributed by atoms with Gasteiger partial charge in [0.1, 0.15) is 6.61 Å². The summed E-state index contributed by atoms with van der Waals surface area (Å²) in [6.07, 6.45) is 0. The minimum absolute atomic E-state index is 0.174. The molecule has 0 bridgehead atoms. The van der Waals surface area contributed by atoms with Crippen molar-refractivity contribution in [1.82, 2.24) is 8.61 Å². The zero-order valence-corrected chi connectivity index (χ0v) is 13.5. The molecule has 1 aromatic carbocycles. The fourth-order valence-electron chi connectivity index (χ4n) is 1.92. The molecule has 0 aromatic heterocycles. The third-order valence-corrected chi connectivity index (χ3v) is 5.18. The molecule has 0 fully saturated rings. The molecule has 0 saturated heterocycles. The van der Waals surface area contributed by atoms with Crippen molar-refractivity contribution in [1.29, 1.82) is 0 Å². The summed E-state index contributed by atoms with van der Waals surface area (Å²) < 4.78 is 27.4. The van der Waals surface area contributed by atoms with E-state index in [0.717, 1.165) is 11.1 Å². The topological polar surface area (TPSA) is 60.9 Å². The van der Waals surface area contributed by atoms with E-state index >= 15 is 0 Å². The molecule has 0 saturated carbocycles. The first-order valence-electron chi connectivity index (χ1n) is 6.85. The Kier molecular flexibility index (Phi) is 6.85. The second kappa shape index (κ2) is 8.15. The van der Waals surface area contributed by atoms with E-state index in [1.54, 1.807) is 7.05 Å². The van der Waals surface area contributed by atoms with E-state index in [4.69, 9.17) is 5.11 Å². The predicted octanol–water partition coefficient (Wildman–Crippen LogP) is 1.05. The molecular formula is C15H22N2O3S. The van der Waals surface area contributed by atoms with Gasteiger partial charge in [-0.15, -0.1) is 0 Å². The van der Waals surface area contributed by atoms with E-state index in [2.05, 4.69) is 11.8 Å². The fourth-order valence-corrected chi connectivity index (χ4v) is 3.28. The van der Waals surface area contributed by atoms with Crippen LogP contribution in [0.2, 0.25) is 0 Å². The Labute approximate surface area is 127 Å². The molecule has 0 aliphatic rings. The van der Waals surface area contributed by atoms with E-state index < -0.39 is 10.2 Å². The maximum atomic E-state index is 12.3. The van der Waals surface area contributed by atoms with Gasteiger partial charge >= 0.3 is 0 Å². The van der Waals surface area contributed by atoms with E-state index in [-0.39, 0.29) is 6.61 Å². The minimum atomic E-state index is -3.42. The number of aliphatic hydroxyl groups is 1. The lowest BCUT2D eigenvalue weighted by molar-refractivity contribution is 0.350. The van der Waals surface area contributed by atoms with Gasteiger partial charge in [0.05, 0.1) is 0 Å². The molecule has 0 spiro atoms. The average molecular weight is 310 g/mol. The summed E-state index contributed by atoms with van der Waals surface area (Å²) in [6, 6.07) is 7.32. The number of nitrogens with zero attached hydrogens (tertiary/aromatic N) is 2. The van der Waals surface area contributed by atoms with Crippen LogP contribution in [0.3, 0.4) is 0 Å². The van der Waals surface area contributed by atoms with Gasteiger partial charge in [0, 0.05) is 32.2 Å². The zero-order chi connectivity index (χ0) is 15.9. The van der Waals surface area contributed by atoms with Crippen molar-refractivity contribution in [3.63, 3.8) is 0 Å². The first-order chi connectivity index (χ1) is 9.95. The second-order valence-electron chi connectivity index (χ2n) is 4.50. The maximum absolute atomic E-state index is 12.3.